The Hall–Kier alpha value is -1.84. The second kappa shape index (κ2) is 4.20. The van der Waals surface area contributed by atoms with E-state index in [1.165, 1.54) is 0 Å². The van der Waals surface area contributed by atoms with Crippen LogP contribution in [0, 0.1) is 0 Å². The second-order valence-electron chi connectivity index (χ2n) is 4.60. The van der Waals surface area contributed by atoms with Gasteiger partial charge in [-0.15, -0.1) is 0 Å². The minimum atomic E-state index is -0.0928. The molecule has 1 aliphatic heterocycles. The third-order valence-electron chi connectivity index (χ3n) is 2.84. The van der Waals surface area contributed by atoms with E-state index in [9.17, 15) is 9.59 Å². The summed E-state index contributed by atoms with van der Waals surface area (Å²) in [5, 5.41) is 2.84. The van der Waals surface area contributed by atoms with E-state index in [0.717, 1.165) is 11.3 Å². The first-order valence-electron chi connectivity index (χ1n) is 5.69. The Morgan fingerprint density at radius 3 is 2.76 bits per heavy atom. The first-order chi connectivity index (χ1) is 7.99. The summed E-state index contributed by atoms with van der Waals surface area (Å²) in [7, 11) is 1.75. The summed E-state index contributed by atoms with van der Waals surface area (Å²) >= 11 is 0. The molecule has 1 aromatic carbocycles. The average molecular weight is 232 g/mol. The summed E-state index contributed by atoms with van der Waals surface area (Å²) in [4.78, 5) is 24.9. The number of carbonyl (C=O) groups is 2. The maximum Gasteiger partial charge on any atom is 0.251 e. The van der Waals surface area contributed by atoms with E-state index in [0.29, 0.717) is 12.0 Å². The number of carbonyl (C=O) groups excluding carboxylic acids is 2. The molecule has 1 aliphatic rings. The highest BCUT2D eigenvalue weighted by molar-refractivity contribution is 6.03. The van der Waals surface area contributed by atoms with Gasteiger partial charge in [0.15, 0.2) is 0 Å². The van der Waals surface area contributed by atoms with Gasteiger partial charge < -0.3 is 10.2 Å². The molecule has 0 aliphatic carbocycles. The maximum atomic E-state index is 11.8. The molecule has 1 heterocycles. The van der Waals surface area contributed by atoms with E-state index < -0.39 is 0 Å². The van der Waals surface area contributed by atoms with Gasteiger partial charge in [-0.1, -0.05) is 0 Å². The van der Waals surface area contributed by atoms with Crippen molar-refractivity contribution >= 4 is 17.5 Å². The molecule has 0 unspecified atom stereocenters. The number of hydrogen-bond acceptors (Lipinski definition) is 2. The number of hydrogen-bond donors (Lipinski definition) is 1. The number of nitrogens with one attached hydrogen (secondary N) is 1. The molecule has 0 bridgehead atoms. The summed E-state index contributed by atoms with van der Waals surface area (Å²) in [5.74, 6) is -0.0220. The lowest BCUT2D eigenvalue weighted by Gasteiger charge is -2.11. The van der Waals surface area contributed by atoms with Crippen molar-refractivity contribution in [2.75, 3.05) is 11.9 Å². The lowest BCUT2D eigenvalue weighted by molar-refractivity contribution is -0.117. The van der Waals surface area contributed by atoms with E-state index in [1.54, 1.807) is 24.1 Å². The normalized spacial score (nSPS) is 14.1. The van der Waals surface area contributed by atoms with Crippen molar-refractivity contribution in [1.82, 2.24) is 5.32 Å². The summed E-state index contributed by atoms with van der Waals surface area (Å²) in [6.07, 6.45) is 0.384. The van der Waals surface area contributed by atoms with Crippen LogP contribution in [0.3, 0.4) is 0 Å². The Balaban J connectivity index is 2.27. The third kappa shape index (κ3) is 2.16. The van der Waals surface area contributed by atoms with Gasteiger partial charge >= 0.3 is 0 Å². The van der Waals surface area contributed by atoms with Crippen molar-refractivity contribution in [2.24, 2.45) is 0 Å². The molecule has 4 nitrogen and oxygen atoms in total. The van der Waals surface area contributed by atoms with Gasteiger partial charge in [-0.3, -0.25) is 9.59 Å². The Morgan fingerprint density at radius 2 is 2.12 bits per heavy atom. The van der Waals surface area contributed by atoms with Gasteiger partial charge in [0, 0.05) is 24.3 Å². The van der Waals surface area contributed by atoms with E-state index in [1.807, 2.05) is 19.9 Å². The molecular formula is C13H16N2O2. The van der Waals surface area contributed by atoms with Gasteiger partial charge in [0.05, 0.1) is 6.42 Å². The van der Waals surface area contributed by atoms with E-state index in [2.05, 4.69) is 5.32 Å². The Kier molecular flexibility index (Phi) is 2.88. The predicted molar refractivity (Wildman–Crippen MR) is 66.2 cm³/mol. The molecule has 1 aromatic rings. The van der Waals surface area contributed by atoms with Gasteiger partial charge in [-0.05, 0) is 37.6 Å². The number of rotatable bonds is 2. The maximum absolute atomic E-state index is 11.8. The molecule has 0 radical (unpaired) electrons. The molecule has 2 amide bonds. The Morgan fingerprint density at radius 1 is 1.41 bits per heavy atom. The van der Waals surface area contributed by atoms with Gasteiger partial charge in [0.2, 0.25) is 5.91 Å². The van der Waals surface area contributed by atoms with Gasteiger partial charge in [0.25, 0.3) is 5.91 Å². The van der Waals surface area contributed by atoms with Crippen LogP contribution in [0.5, 0.6) is 0 Å². The van der Waals surface area contributed by atoms with Crippen LogP contribution in [0.25, 0.3) is 0 Å². The van der Waals surface area contributed by atoms with Crippen LogP contribution in [0.2, 0.25) is 0 Å². The van der Waals surface area contributed by atoms with Crippen molar-refractivity contribution in [2.45, 2.75) is 26.3 Å². The molecule has 0 atom stereocenters. The van der Waals surface area contributed by atoms with Crippen molar-refractivity contribution in [1.29, 1.82) is 0 Å². The molecule has 0 saturated heterocycles. The molecule has 0 fully saturated rings. The standard InChI is InChI=1S/C13H16N2O2/c1-8(2)14-13(17)9-4-5-11-10(6-9)7-12(16)15(11)3/h4-6,8H,7H2,1-3H3,(H,14,17). The fraction of sp³-hybridized carbons (Fsp3) is 0.385. The minimum absolute atomic E-state index is 0.0708. The summed E-state index contributed by atoms with van der Waals surface area (Å²) < 4.78 is 0. The highest BCUT2D eigenvalue weighted by Gasteiger charge is 2.24. The fourth-order valence-corrected chi connectivity index (χ4v) is 1.96. The van der Waals surface area contributed by atoms with E-state index in [-0.39, 0.29) is 17.9 Å². The second-order valence-corrected chi connectivity index (χ2v) is 4.60. The first kappa shape index (κ1) is 11.6. The fourth-order valence-electron chi connectivity index (χ4n) is 1.96. The largest absolute Gasteiger partial charge is 0.350 e. The predicted octanol–water partition coefficient (Wildman–Crippen LogP) is 1.34. The zero-order valence-corrected chi connectivity index (χ0v) is 10.3. The van der Waals surface area contributed by atoms with Crippen LogP contribution in [0.15, 0.2) is 18.2 Å². The Labute approximate surface area is 101 Å². The van der Waals surface area contributed by atoms with Gasteiger partial charge in [-0.2, -0.15) is 0 Å². The average Bonchev–Trinajstić information content (AvgIpc) is 2.53. The zero-order valence-electron chi connectivity index (χ0n) is 10.3. The number of fused-ring (bicyclic) bond motifs is 1. The zero-order chi connectivity index (χ0) is 12.6. The van der Waals surface area contributed by atoms with Crippen LogP contribution >= 0.6 is 0 Å². The van der Waals surface area contributed by atoms with Crippen LogP contribution in [-0.2, 0) is 11.2 Å². The number of benzene rings is 1. The molecular weight excluding hydrogens is 216 g/mol. The van der Waals surface area contributed by atoms with Crippen molar-refractivity contribution < 1.29 is 9.59 Å². The van der Waals surface area contributed by atoms with Crippen molar-refractivity contribution in [3.05, 3.63) is 29.3 Å². The lowest BCUT2D eigenvalue weighted by Crippen LogP contribution is -2.30. The molecule has 0 spiro atoms. The van der Waals surface area contributed by atoms with E-state index >= 15 is 0 Å². The van der Waals surface area contributed by atoms with Crippen LogP contribution in [0.1, 0.15) is 29.8 Å². The molecule has 2 rings (SSSR count). The molecule has 17 heavy (non-hydrogen) atoms. The molecule has 0 saturated carbocycles. The van der Waals surface area contributed by atoms with Crippen LogP contribution in [0.4, 0.5) is 5.69 Å². The number of nitrogens with zero attached hydrogens (tertiary/aromatic N) is 1. The third-order valence-corrected chi connectivity index (χ3v) is 2.84. The SMILES string of the molecule is CC(C)NC(=O)c1ccc2c(c1)CC(=O)N2C. The monoisotopic (exact) mass is 232 g/mol. The van der Waals surface area contributed by atoms with Crippen molar-refractivity contribution in [3.63, 3.8) is 0 Å². The number of likely N-dealkylation sites (N-methyl/N-ethyl adjacent to an activating group) is 1. The van der Waals surface area contributed by atoms with Gasteiger partial charge in [0.1, 0.15) is 0 Å². The highest BCUT2D eigenvalue weighted by atomic mass is 16.2. The minimum Gasteiger partial charge on any atom is -0.350 e. The van der Waals surface area contributed by atoms with E-state index in [4.69, 9.17) is 0 Å². The van der Waals surface area contributed by atoms with Gasteiger partial charge in [-0.25, -0.2) is 0 Å². The number of amides is 2. The summed E-state index contributed by atoms with van der Waals surface area (Å²) in [5.41, 5.74) is 2.44. The van der Waals surface area contributed by atoms with Crippen LogP contribution < -0.4 is 10.2 Å². The highest BCUT2D eigenvalue weighted by Crippen LogP contribution is 2.28. The quantitative estimate of drug-likeness (QED) is 0.836. The van der Waals surface area contributed by atoms with Crippen molar-refractivity contribution in [3.8, 4) is 0 Å². The molecule has 1 N–H and O–H groups in total. The van der Waals surface area contributed by atoms with Crippen LogP contribution in [-0.4, -0.2) is 24.9 Å². The lowest BCUT2D eigenvalue weighted by atomic mass is 10.1. The molecule has 4 heteroatoms. The molecule has 0 aromatic heterocycles. The summed E-state index contributed by atoms with van der Waals surface area (Å²) in [6, 6.07) is 5.50. The smallest absolute Gasteiger partial charge is 0.251 e. The summed E-state index contributed by atoms with van der Waals surface area (Å²) in [6.45, 7) is 3.84. The first-order valence-corrected chi connectivity index (χ1v) is 5.69. The number of anilines is 1. The Bertz CT molecular complexity index is 480. The molecule has 90 valence electrons. The topological polar surface area (TPSA) is 49.4 Å².